The minimum absolute atomic E-state index is 0.0393. The average molecular weight is 233 g/mol. The lowest BCUT2D eigenvalue weighted by Gasteiger charge is -2.46. The summed E-state index contributed by atoms with van der Waals surface area (Å²) < 4.78 is 0. The van der Waals surface area contributed by atoms with Gasteiger partial charge >= 0.3 is 0 Å². The highest BCUT2D eigenvalue weighted by Crippen LogP contribution is 2.38. The number of carbonyl (C=O) groups is 1. The molecule has 0 saturated carbocycles. The van der Waals surface area contributed by atoms with E-state index in [1.165, 1.54) is 0 Å². The average Bonchev–Trinajstić information content (AvgIpc) is 2.37. The molecule has 1 aromatic carbocycles. The number of rotatable bonds is 0. The van der Waals surface area contributed by atoms with Gasteiger partial charge in [0.1, 0.15) is 0 Å². The van der Waals surface area contributed by atoms with E-state index in [2.05, 4.69) is 25.8 Å². The van der Waals surface area contributed by atoms with Crippen molar-refractivity contribution in [3.8, 4) is 0 Å². The maximum Gasteiger partial charge on any atom is 0.170 e. The van der Waals surface area contributed by atoms with Crippen LogP contribution in [0.4, 0.5) is 5.69 Å². The van der Waals surface area contributed by atoms with Crippen LogP contribution in [0.2, 0.25) is 0 Å². The number of ketones is 1. The van der Waals surface area contributed by atoms with E-state index in [1.54, 1.807) is 0 Å². The predicted octanol–water partition coefficient (Wildman–Crippen LogP) is 3.76. The fourth-order valence-electron chi connectivity index (χ4n) is 2.13. The van der Waals surface area contributed by atoms with Crippen LogP contribution in [0.25, 0.3) is 0 Å². The monoisotopic (exact) mass is 233 g/mol. The minimum atomic E-state index is -0.106. The first-order valence-corrected chi connectivity index (χ1v) is 6.33. The van der Waals surface area contributed by atoms with Crippen molar-refractivity contribution in [2.24, 2.45) is 5.92 Å². The van der Waals surface area contributed by atoms with E-state index in [0.717, 1.165) is 11.3 Å². The Labute approximate surface area is 105 Å². The number of hydrogen-bond donors (Lipinski definition) is 0. The van der Waals surface area contributed by atoms with Crippen molar-refractivity contribution in [1.82, 2.24) is 0 Å². The summed E-state index contributed by atoms with van der Waals surface area (Å²) in [5.74, 6) is 0.297. The van der Waals surface area contributed by atoms with Crippen LogP contribution in [0.15, 0.2) is 24.3 Å². The summed E-state index contributed by atoms with van der Waals surface area (Å²) >= 11 is 0. The molecular weight excluding hydrogens is 210 g/mol. The molecule has 0 amide bonds. The SMILES string of the molecule is CC.CC1C(=O)c2ccccc2N(C)C1(C)C. The van der Waals surface area contributed by atoms with E-state index in [4.69, 9.17) is 0 Å². The lowest BCUT2D eigenvalue weighted by molar-refractivity contribution is 0.0866. The van der Waals surface area contributed by atoms with Crippen LogP contribution in [-0.4, -0.2) is 18.4 Å². The van der Waals surface area contributed by atoms with E-state index in [-0.39, 0.29) is 17.2 Å². The number of fused-ring (bicyclic) bond motifs is 1. The van der Waals surface area contributed by atoms with Crippen molar-refractivity contribution in [3.63, 3.8) is 0 Å². The highest BCUT2D eigenvalue weighted by atomic mass is 16.1. The van der Waals surface area contributed by atoms with E-state index >= 15 is 0 Å². The topological polar surface area (TPSA) is 20.3 Å². The molecule has 0 spiro atoms. The molecule has 0 fully saturated rings. The molecule has 0 bridgehead atoms. The molecule has 1 heterocycles. The quantitative estimate of drug-likeness (QED) is 0.680. The zero-order valence-corrected chi connectivity index (χ0v) is 11.7. The van der Waals surface area contributed by atoms with Gasteiger partial charge in [0.25, 0.3) is 0 Å². The number of hydrogen-bond acceptors (Lipinski definition) is 2. The molecule has 94 valence electrons. The van der Waals surface area contributed by atoms with Crippen LogP contribution in [0.5, 0.6) is 0 Å². The lowest BCUT2D eigenvalue weighted by Crippen LogP contribution is -2.53. The normalized spacial score (nSPS) is 21.4. The number of nitrogens with zero attached hydrogens (tertiary/aromatic N) is 1. The summed E-state index contributed by atoms with van der Waals surface area (Å²) in [7, 11) is 2.06. The molecule has 0 aliphatic carbocycles. The van der Waals surface area contributed by atoms with E-state index in [1.807, 2.05) is 45.0 Å². The first kappa shape index (κ1) is 13.8. The van der Waals surface area contributed by atoms with Crippen molar-refractivity contribution in [2.75, 3.05) is 11.9 Å². The molecule has 2 heteroatoms. The zero-order chi connectivity index (χ0) is 13.2. The zero-order valence-electron chi connectivity index (χ0n) is 11.7. The van der Waals surface area contributed by atoms with Gasteiger partial charge in [-0.3, -0.25) is 4.79 Å². The Hall–Kier alpha value is -1.31. The first-order valence-electron chi connectivity index (χ1n) is 6.33. The second kappa shape index (κ2) is 4.91. The van der Waals surface area contributed by atoms with Gasteiger partial charge in [0, 0.05) is 29.8 Å². The standard InChI is InChI=1S/C13H17NO.C2H6/c1-9-12(15)10-7-5-6-8-11(10)14(4)13(9,2)3;1-2/h5-9H,1-4H3;1-2H3. The maximum absolute atomic E-state index is 12.2. The van der Waals surface area contributed by atoms with Crippen LogP contribution in [-0.2, 0) is 0 Å². The molecule has 1 atom stereocenters. The Bertz CT molecular complexity index is 409. The molecular formula is C15H23NO. The van der Waals surface area contributed by atoms with Crippen LogP contribution in [0.1, 0.15) is 45.0 Å². The molecule has 1 aromatic rings. The number of anilines is 1. The van der Waals surface area contributed by atoms with Crippen molar-refractivity contribution in [1.29, 1.82) is 0 Å². The minimum Gasteiger partial charge on any atom is -0.368 e. The third kappa shape index (κ3) is 2.08. The fourth-order valence-corrected chi connectivity index (χ4v) is 2.13. The van der Waals surface area contributed by atoms with Crippen LogP contribution in [0.3, 0.4) is 0 Å². The highest BCUT2D eigenvalue weighted by molar-refractivity contribution is 6.05. The molecule has 2 rings (SSSR count). The fraction of sp³-hybridized carbons (Fsp3) is 0.533. The number of benzene rings is 1. The van der Waals surface area contributed by atoms with Gasteiger partial charge in [0.15, 0.2) is 5.78 Å². The van der Waals surface area contributed by atoms with Gasteiger partial charge in [-0.15, -0.1) is 0 Å². The second-order valence-electron chi connectivity index (χ2n) is 4.82. The third-order valence-electron chi connectivity index (χ3n) is 3.85. The second-order valence-corrected chi connectivity index (χ2v) is 4.82. The predicted molar refractivity (Wildman–Crippen MR) is 73.8 cm³/mol. The summed E-state index contributed by atoms with van der Waals surface area (Å²) in [5, 5.41) is 0. The molecule has 2 nitrogen and oxygen atoms in total. The molecule has 0 radical (unpaired) electrons. The van der Waals surface area contributed by atoms with Crippen molar-refractivity contribution in [3.05, 3.63) is 29.8 Å². The van der Waals surface area contributed by atoms with Crippen LogP contribution >= 0.6 is 0 Å². The third-order valence-corrected chi connectivity index (χ3v) is 3.85. The van der Waals surface area contributed by atoms with Crippen molar-refractivity contribution < 1.29 is 4.79 Å². The molecule has 17 heavy (non-hydrogen) atoms. The van der Waals surface area contributed by atoms with Gasteiger partial charge in [-0.05, 0) is 26.0 Å². The van der Waals surface area contributed by atoms with Gasteiger partial charge in [0.05, 0.1) is 0 Å². The van der Waals surface area contributed by atoms with E-state index in [9.17, 15) is 4.79 Å². The number of para-hydroxylation sites is 1. The number of carbonyl (C=O) groups excluding carboxylic acids is 1. The van der Waals surface area contributed by atoms with Gasteiger partial charge in [-0.1, -0.05) is 32.9 Å². The highest BCUT2D eigenvalue weighted by Gasteiger charge is 2.41. The van der Waals surface area contributed by atoms with E-state index in [0.29, 0.717) is 0 Å². The largest absolute Gasteiger partial charge is 0.368 e. The Morgan fingerprint density at radius 1 is 1.18 bits per heavy atom. The van der Waals surface area contributed by atoms with Crippen molar-refractivity contribution in [2.45, 2.75) is 40.2 Å². The molecule has 1 aliphatic rings. The van der Waals surface area contributed by atoms with Crippen LogP contribution in [0, 0.1) is 5.92 Å². The van der Waals surface area contributed by atoms with Gasteiger partial charge < -0.3 is 4.90 Å². The molecule has 1 unspecified atom stereocenters. The molecule has 1 aliphatic heterocycles. The Morgan fingerprint density at radius 2 is 1.71 bits per heavy atom. The molecule has 0 N–H and O–H groups in total. The Morgan fingerprint density at radius 3 is 2.29 bits per heavy atom. The van der Waals surface area contributed by atoms with Crippen molar-refractivity contribution >= 4 is 11.5 Å². The summed E-state index contributed by atoms with van der Waals surface area (Å²) in [5.41, 5.74) is 1.79. The summed E-state index contributed by atoms with van der Waals surface area (Å²) in [6, 6.07) is 7.84. The van der Waals surface area contributed by atoms with Gasteiger partial charge in [0.2, 0.25) is 0 Å². The smallest absolute Gasteiger partial charge is 0.170 e. The van der Waals surface area contributed by atoms with Gasteiger partial charge in [-0.25, -0.2) is 0 Å². The lowest BCUT2D eigenvalue weighted by atomic mass is 9.77. The summed E-state index contributed by atoms with van der Waals surface area (Å²) in [6.45, 7) is 10.2. The summed E-state index contributed by atoms with van der Waals surface area (Å²) in [4.78, 5) is 14.4. The molecule has 0 aromatic heterocycles. The Kier molecular flexibility index (Phi) is 3.97. The maximum atomic E-state index is 12.2. The van der Waals surface area contributed by atoms with Gasteiger partial charge in [-0.2, -0.15) is 0 Å². The Balaban J connectivity index is 0.000000686. The summed E-state index contributed by atoms with van der Waals surface area (Å²) in [6.07, 6.45) is 0. The van der Waals surface area contributed by atoms with Crippen LogP contribution < -0.4 is 4.90 Å². The molecule has 0 saturated heterocycles. The van der Waals surface area contributed by atoms with E-state index < -0.39 is 0 Å². The first-order chi connectivity index (χ1) is 7.96. The number of Topliss-reactive ketones (excluding diaryl/α,β-unsaturated/α-hetero) is 1.